The molecule has 1 nitrogen and oxygen atoms in total. The second-order valence-electron chi connectivity index (χ2n) is 4.08. The standard InChI is InChI=1S/C9H17NS/c1-7(2)10-4-8-3-9(10)6-11-5-8/h7-9H,3-6H2,1-2H3. The molecule has 0 N–H and O–H groups in total. The van der Waals surface area contributed by atoms with Crippen molar-refractivity contribution in [2.24, 2.45) is 5.92 Å². The van der Waals surface area contributed by atoms with E-state index >= 15 is 0 Å². The first-order valence-corrected chi connectivity index (χ1v) is 5.76. The summed E-state index contributed by atoms with van der Waals surface area (Å²) < 4.78 is 0. The van der Waals surface area contributed by atoms with Crippen molar-refractivity contribution >= 4 is 11.8 Å². The Labute approximate surface area is 73.5 Å². The molecule has 2 heterocycles. The van der Waals surface area contributed by atoms with Crippen LogP contribution in [0, 0.1) is 5.92 Å². The molecule has 0 amide bonds. The van der Waals surface area contributed by atoms with E-state index in [1.54, 1.807) is 0 Å². The highest BCUT2D eigenvalue weighted by Gasteiger charge is 2.36. The van der Waals surface area contributed by atoms with Crippen molar-refractivity contribution in [3.05, 3.63) is 0 Å². The van der Waals surface area contributed by atoms with Crippen molar-refractivity contribution in [2.75, 3.05) is 18.1 Å². The molecule has 64 valence electrons. The molecule has 2 bridgehead atoms. The van der Waals surface area contributed by atoms with Crippen LogP contribution in [0.4, 0.5) is 0 Å². The van der Waals surface area contributed by atoms with Gasteiger partial charge in [0.05, 0.1) is 0 Å². The zero-order valence-corrected chi connectivity index (χ0v) is 8.23. The van der Waals surface area contributed by atoms with E-state index in [1.165, 1.54) is 24.5 Å². The third-order valence-electron chi connectivity index (χ3n) is 2.87. The van der Waals surface area contributed by atoms with Gasteiger partial charge in [-0.2, -0.15) is 11.8 Å². The molecule has 2 aliphatic rings. The molecule has 0 aliphatic carbocycles. The highest BCUT2D eigenvalue weighted by molar-refractivity contribution is 7.99. The summed E-state index contributed by atoms with van der Waals surface area (Å²) in [6.07, 6.45) is 1.48. The van der Waals surface area contributed by atoms with Crippen molar-refractivity contribution in [2.45, 2.75) is 32.4 Å². The first-order chi connectivity index (χ1) is 5.27. The fourth-order valence-electron chi connectivity index (χ4n) is 2.33. The summed E-state index contributed by atoms with van der Waals surface area (Å²) in [6.45, 7) is 6.02. The Kier molecular flexibility index (Phi) is 2.15. The number of hydrogen-bond acceptors (Lipinski definition) is 2. The topological polar surface area (TPSA) is 3.24 Å². The van der Waals surface area contributed by atoms with Gasteiger partial charge in [0.15, 0.2) is 0 Å². The maximum Gasteiger partial charge on any atom is 0.0192 e. The van der Waals surface area contributed by atoms with Crippen LogP contribution in [-0.4, -0.2) is 35.0 Å². The van der Waals surface area contributed by atoms with Crippen LogP contribution < -0.4 is 0 Å². The number of fused-ring (bicyclic) bond motifs is 2. The molecule has 11 heavy (non-hydrogen) atoms. The van der Waals surface area contributed by atoms with E-state index in [0.29, 0.717) is 0 Å². The number of thioether (sulfide) groups is 1. The number of hydrogen-bond donors (Lipinski definition) is 0. The van der Waals surface area contributed by atoms with Gasteiger partial charge in [0.25, 0.3) is 0 Å². The minimum atomic E-state index is 0.767. The largest absolute Gasteiger partial charge is 0.297 e. The van der Waals surface area contributed by atoms with Gasteiger partial charge in [0.1, 0.15) is 0 Å². The zero-order chi connectivity index (χ0) is 7.84. The van der Waals surface area contributed by atoms with Crippen molar-refractivity contribution in [1.82, 2.24) is 4.90 Å². The van der Waals surface area contributed by atoms with Gasteiger partial charge in [0.2, 0.25) is 0 Å². The number of nitrogens with zero attached hydrogens (tertiary/aromatic N) is 1. The molecule has 0 aromatic heterocycles. The summed E-state index contributed by atoms with van der Waals surface area (Å²) in [5.41, 5.74) is 0. The highest BCUT2D eigenvalue weighted by atomic mass is 32.2. The number of likely N-dealkylation sites (tertiary alicyclic amines) is 1. The Balaban J connectivity index is 2.03. The van der Waals surface area contributed by atoms with Gasteiger partial charge in [0, 0.05) is 24.4 Å². The average Bonchev–Trinajstić information content (AvgIpc) is 2.27. The Hall–Kier alpha value is 0.310. The van der Waals surface area contributed by atoms with Crippen molar-refractivity contribution in [3.63, 3.8) is 0 Å². The van der Waals surface area contributed by atoms with E-state index in [1.807, 2.05) is 0 Å². The molecule has 2 heteroatoms. The Morgan fingerprint density at radius 1 is 1.36 bits per heavy atom. The minimum Gasteiger partial charge on any atom is -0.297 e. The van der Waals surface area contributed by atoms with Crippen molar-refractivity contribution in [1.29, 1.82) is 0 Å². The summed E-state index contributed by atoms with van der Waals surface area (Å²) in [5, 5.41) is 0. The Morgan fingerprint density at radius 3 is 2.82 bits per heavy atom. The molecule has 2 saturated heterocycles. The predicted octanol–water partition coefficient (Wildman–Crippen LogP) is 1.83. The smallest absolute Gasteiger partial charge is 0.0192 e. The molecule has 2 atom stereocenters. The minimum absolute atomic E-state index is 0.767. The quantitative estimate of drug-likeness (QED) is 0.592. The fraction of sp³-hybridized carbons (Fsp3) is 1.00. The van der Waals surface area contributed by atoms with Crippen LogP contribution in [0.2, 0.25) is 0 Å². The van der Waals surface area contributed by atoms with Crippen LogP contribution in [0.15, 0.2) is 0 Å². The summed E-state index contributed by atoms with van der Waals surface area (Å²) >= 11 is 2.15. The summed E-state index contributed by atoms with van der Waals surface area (Å²) in [7, 11) is 0. The lowest BCUT2D eigenvalue weighted by Crippen LogP contribution is -2.36. The maximum atomic E-state index is 2.69. The normalized spacial score (nSPS) is 38.5. The monoisotopic (exact) mass is 171 g/mol. The molecule has 2 unspecified atom stereocenters. The second-order valence-corrected chi connectivity index (χ2v) is 5.16. The summed E-state index contributed by atoms with van der Waals surface area (Å²) in [6, 6.07) is 1.68. The lowest BCUT2D eigenvalue weighted by molar-refractivity contribution is 0.217. The molecular formula is C9H17NS. The molecule has 0 spiro atoms. The average molecular weight is 171 g/mol. The second kappa shape index (κ2) is 2.98. The zero-order valence-electron chi connectivity index (χ0n) is 7.42. The molecule has 2 fully saturated rings. The molecule has 2 rings (SSSR count). The third kappa shape index (κ3) is 1.43. The van der Waals surface area contributed by atoms with E-state index in [0.717, 1.165) is 18.0 Å². The van der Waals surface area contributed by atoms with E-state index < -0.39 is 0 Å². The van der Waals surface area contributed by atoms with Gasteiger partial charge < -0.3 is 0 Å². The van der Waals surface area contributed by atoms with Crippen molar-refractivity contribution < 1.29 is 0 Å². The third-order valence-corrected chi connectivity index (χ3v) is 4.20. The molecule has 0 radical (unpaired) electrons. The molecule has 2 aliphatic heterocycles. The first-order valence-electron chi connectivity index (χ1n) is 4.61. The molecule has 0 aromatic carbocycles. The SMILES string of the molecule is CC(C)N1CC2CSCC1C2. The molecule has 0 saturated carbocycles. The molecular weight excluding hydrogens is 154 g/mol. The fourth-order valence-corrected chi connectivity index (χ4v) is 3.64. The van der Waals surface area contributed by atoms with Gasteiger partial charge in [-0.3, -0.25) is 4.90 Å². The van der Waals surface area contributed by atoms with Crippen LogP contribution in [0.1, 0.15) is 20.3 Å². The van der Waals surface area contributed by atoms with Gasteiger partial charge in [-0.05, 0) is 31.9 Å². The maximum absolute atomic E-state index is 2.69. The van der Waals surface area contributed by atoms with E-state index in [-0.39, 0.29) is 0 Å². The predicted molar refractivity (Wildman–Crippen MR) is 51.1 cm³/mol. The van der Waals surface area contributed by atoms with Crippen LogP contribution in [-0.2, 0) is 0 Å². The van der Waals surface area contributed by atoms with E-state index in [4.69, 9.17) is 0 Å². The summed E-state index contributed by atoms with van der Waals surface area (Å²) in [5.74, 6) is 3.81. The van der Waals surface area contributed by atoms with Crippen LogP contribution >= 0.6 is 11.8 Å². The Morgan fingerprint density at radius 2 is 2.18 bits per heavy atom. The van der Waals surface area contributed by atoms with E-state index in [2.05, 4.69) is 30.5 Å². The van der Waals surface area contributed by atoms with Crippen molar-refractivity contribution in [3.8, 4) is 0 Å². The van der Waals surface area contributed by atoms with Crippen LogP contribution in [0.25, 0.3) is 0 Å². The van der Waals surface area contributed by atoms with Gasteiger partial charge in [-0.25, -0.2) is 0 Å². The van der Waals surface area contributed by atoms with Crippen LogP contribution in [0.3, 0.4) is 0 Å². The van der Waals surface area contributed by atoms with Crippen LogP contribution in [0.5, 0.6) is 0 Å². The number of rotatable bonds is 1. The lowest BCUT2D eigenvalue weighted by atomic mass is 10.1. The first kappa shape index (κ1) is 7.93. The Bertz CT molecular complexity index is 146. The molecule has 0 aromatic rings. The van der Waals surface area contributed by atoms with Gasteiger partial charge >= 0.3 is 0 Å². The van der Waals surface area contributed by atoms with Gasteiger partial charge in [-0.1, -0.05) is 0 Å². The summed E-state index contributed by atoms with van der Waals surface area (Å²) in [4.78, 5) is 2.69. The van der Waals surface area contributed by atoms with E-state index in [9.17, 15) is 0 Å². The lowest BCUT2D eigenvalue weighted by Gasteiger charge is -2.27. The van der Waals surface area contributed by atoms with Gasteiger partial charge in [-0.15, -0.1) is 0 Å². The highest BCUT2D eigenvalue weighted by Crippen LogP contribution is 2.34.